The minimum atomic E-state index is 0.174. The van der Waals surface area contributed by atoms with Crippen LogP contribution < -0.4 is 9.47 Å². The summed E-state index contributed by atoms with van der Waals surface area (Å²) in [6, 6.07) is 10.00. The Labute approximate surface area is 172 Å². The van der Waals surface area contributed by atoms with Crippen LogP contribution in [0.5, 0.6) is 11.5 Å². The lowest BCUT2D eigenvalue weighted by Gasteiger charge is -2.35. The number of hydrogen-bond acceptors (Lipinski definition) is 5. The van der Waals surface area contributed by atoms with Crippen LogP contribution in [0.1, 0.15) is 29.7 Å². The molecule has 0 radical (unpaired) electrons. The number of carbonyl (C=O) groups excluding carboxylic acids is 1. The molecule has 0 unspecified atom stereocenters. The summed E-state index contributed by atoms with van der Waals surface area (Å²) in [5.41, 5.74) is 3.35. The molecule has 3 heterocycles. The van der Waals surface area contributed by atoms with Crippen LogP contribution in [0.4, 0.5) is 0 Å². The van der Waals surface area contributed by atoms with Crippen molar-refractivity contribution < 1.29 is 14.3 Å². The average molecular weight is 396 g/mol. The standard InChI is InChI=1S/C23H29N3O3/c1-25-10-7-18(8-11-25)23(27)26-12-9-17-3-5-21(13-19(17)15-26)29-16-20-4-6-22(28-2)14-24-20/h3-6,13-14,18H,7-12,15-16H2,1-2H3. The molecule has 2 aliphatic rings. The molecule has 154 valence electrons. The number of rotatable bonds is 5. The number of likely N-dealkylation sites (tertiary alicyclic amines) is 1. The summed E-state index contributed by atoms with van der Waals surface area (Å²) >= 11 is 0. The highest BCUT2D eigenvalue weighted by Gasteiger charge is 2.29. The molecule has 2 aliphatic heterocycles. The van der Waals surface area contributed by atoms with Crippen molar-refractivity contribution in [1.82, 2.24) is 14.8 Å². The predicted molar refractivity (Wildman–Crippen MR) is 111 cm³/mol. The van der Waals surface area contributed by atoms with E-state index in [-0.39, 0.29) is 5.92 Å². The Kier molecular flexibility index (Phi) is 6.00. The molecule has 2 aromatic rings. The molecule has 1 aromatic carbocycles. The molecule has 4 rings (SSSR count). The first-order valence-electron chi connectivity index (χ1n) is 10.3. The fourth-order valence-electron chi connectivity index (χ4n) is 4.10. The Morgan fingerprint density at radius 1 is 1.10 bits per heavy atom. The third-order valence-corrected chi connectivity index (χ3v) is 5.99. The van der Waals surface area contributed by atoms with Crippen LogP contribution in [0.3, 0.4) is 0 Å². The summed E-state index contributed by atoms with van der Waals surface area (Å²) < 4.78 is 11.1. The molecule has 29 heavy (non-hydrogen) atoms. The lowest BCUT2D eigenvalue weighted by atomic mass is 9.93. The quantitative estimate of drug-likeness (QED) is 0.779. The molecule has 0 saturated carbocycles. The summed E-state index contributed by atoms with van der Waals surface area (Å²) in [7, 11) is 3.75. The van der Waals surface area contributed by atoms with Gasteiger partial charge in [-0.05, 0) is 74.8 Å². The Morgan fingerprint density at radius 3 is 2.62 bits per heavy atom. The van der Waals surface area contributed by atoms with Gasteiger partial charge in [0.1, 0.15) is 18.1 Å². The van der Waals surface area contributed by atoms with E-state index >= 15 is 0 Å². The molecule has 1 aromatic heterocycles. The average Bonchev–Trinajstić information content (AvgIpc) is 2.77. The normalized spacial score (nSPS) is 17.7. The lowest BCUT2D eigenvalue weighted by molar-refractivity contribution is -0.137. The fraction of sp³-hybridized carbons (Fsp3) is 0.478. The monoisotopic (exact) mass is 395 g/mol. The number of carbonyl (C=O) groups is 1. The van der Waals surface area contributed by atoms with Crippen molar-refractivity contribution in [3.05, 3.63) is 53.3 Å². The van der Waals surface area contributed by atoms with Gasteiger partial charge in [-0.3, -0.25) is 9.78 Å². The number of pyridine rings is 1. The Bertz CT molecular complexity index is 845. The maximum Gasteiger partial charge on any atom is 0.226 e. The molecule has 1 amide bonds. The van der Waals surface area contributed by atoms with Crippen molar-refractivity contribution in [1.29, 1.82) is 0 Å². The molecular weight excluding hydrogens is 366 g/mol. The second-order valence-corrected chi connectivity index (χ2v) is 8.00. The number of benzene rings is 1. The molecule has 1 fully saturated rings. The van der Waals surface area contributed by atoms with Crippen LogP contribution in [-0.2, 0) is 24.4 Å². The van der Waals surface area contributed by atoms with E-state index < -0.39 is 0 Å². The van der Waals surface area contributed by atoms with Gasteiger partial charge in [0.2, 0.25) is 5.91 Å². The van der Waals surface area contributed by atoms with Crippen molar-refractivity contribution in [3.63, 3.8) is 0 Å². The molecule has 0 N–H and O–H groups in total. The highest BCUT2D eigenvalue weighted by Crippen LogP contribution is 2.27. The highest BCUT2D eigenvalue weighted by atomic mass is 16.5. The van der Waals surface area contributed by atoms with Gasteiger partial charge in [-0.25, -0.2) is 0 Å². The van der Waals surface area contributed by atoms with Gasteiger partial charge < -0.3 is 19.3 Å². The number of piperidine rings is 1. The number of fused-ring (bicyclic) bond motifs is 1. The number of amides is 1. The second-order valence-electron chi connectivity index (χ2n) is 8.00. The third kappa shape index (κ3) is 4.70. The Morgan fingerprint density at radius 2 is 1.90 bits per heavy atom. The summed E-state index contributed by atoms with van der Waals surface area (Å²) in [5.74, 6) is 2.04. The zero-order valence-corrected chi connectivity index (χ0v) is 17.3. The van der Waals surface area contributed by atoms with E-state index in [4.69, 9.17) is 9.47 Å². The van der Waals surface area contributed by atoms with Crippen LogP contribution in [0.2, 0.25) is 0 Å². The molecule has 0 spiro atoms. The van der Waals surface area contributed by atoms with Gasteiger partial charge in [-0.1, -0.05) is 6.07 Å². The highest BCUT2D eigenvalue weighted by molar-refractivity contribution is 5.79. The molecule has 6 nitrogen and oxygen atoms in total. The van der Waals surface area contributed by atoms with E-state index in [0.29, 0.717) is 19.1 Å². The molecule has 1 saturated heterocycles. The zero-order valence-electron chi connectivity index (χ0n) is 17.3. The van der Waals surface area contributed by atoms with Crippen molar-refractivity contribution in [2.45, 2.75) is 32.4 Å². The fourth-order valence-corrected chi connectivity index (χ4v) is 4.10. The Balaban J connectivity index is 1.38. The molecule has 0 aliphatic carbocycles. The number of ether oxygens (including phenoxy) is 2. The van der Waals surface area contributed by atoms with Gasteiger partial charge in [0, 0.05) is 19.0 Å². The van der Waals surface area contributed by atoms with Crippen LogP contribution in [0.25, 0.3) is 0 Å². The molecule has 0 bridgehead atoms. The molecular formula is C23H29N3O3. The lowest BCUT2D eigenvalue weighted by Crippen LogP contribution is -2.43. The Hall–Kier alpha value is -2.60. The first kappa shape index (κ1) is 19.7. The largest absolute Gasteiger partial charge is 0.495 e. The smallest absolute Gasteiger partial charge is 0.226 e. The first-order valence-corrected chi connectivity index (χ1v) is 10.3. The summed E-state index contributed by atoms with van der Waals surface area (Å²) in [4.78, 5) is 21.7. The van der Waals surface area contributed by atoms with E-state index in [1.807, 2.05) is 23.1 Å². The van der Waals surface area contributed by atoms with E-state index in [0.717, 1.165) is 56.1 Å². The number of methoxy groups -OCH3 is 1. The van der Waals surface area contributed by atoms with Gasteiger partial charge in [-0.2, -0.15) is 0 Å². The van der Waals surface area contributed by atoms with Crippen molar-refractivity contribution in [2.24, 2.45) is 5.92 Å². The maximum absolute atomic E-state index is 13.0. The number of aromatic nitrogens is 1. The van der Waals surface area contributed by atoms with E-state index in [2.05, 4.69) is 29.1 Å². The third-order valence-electron chi connectivity index (χ3n) is 5.99. The summed E-state index contributed by atoms with van der Waals surface area (Å²) in [6.07, 6.45) is 4.54. The van der Waals surface area contributed by atoms with Gasteiger partial charge in [0.25, 0.3) is 0 Å². The second kappa shape index (κ2) is 8.82. The van der Waals surface area contributed by atoms with Gasteiger partial charge in [0.15, 0.2) is 0 Å². The van der Waals surface area contributed by atoms with E-state index in [9.17, 15) is 4.79 Å². The number of nitrogens with zero attached hydrogens (tertiary/aromatic N) is 3. The summed E-state index contributed by atoms with van der Waals surface area (Å²) in [5, 5.41) is 0. The van der Waals surface area contributed by atoms with Crippen LogP contribution in [0, 0.1) is 5.92 Å². The summed E-state index contributed by atoms with van der Waals surface area (Å²) in [6.45, 7) is 3.92. The first-order chi connectivity index (χ1) is 14.1. The van der Waals surface area contributed by atoms with Crippen molar-refractivity contribution in [2.75, 3.05) is 33.8 Å². The van der Waals surface area contributed by atoms with Gasteiger partial charge >= 0.3 is 0 Å². The minimum absolute atomic E-state index is 0.174. The van der Waals surface area contributed by atoms with Gasteiger partial charge in [0.05, 0.1) is 19.0 Å². The topological polar surface area (TPSA) is 54.9 Å². The van der Waals surface area contributed by atoms with Crippen LogP contribution >= 0.6 is 0 Å². The van der Waals surface area contributed by atoms with E-state index in [1.165, 1.54) is 11.1 Å². The maximum atomic E-state index is 13.0. The van der Waals surface area contributed by atoms with E-state index in [1.54, 1.807) is 13.3 Å². The molecule has 6 heteroatoms. The van der Waals surface area contributed by atoms with Crippen molar-refractivity contribution >= 4 is 5.91 Å². The van der Waals surface area contributed by atoms with Crippen molar-refractivity contribution in [3.8, 4) is 11.5 Å². The van der Waals surface area contributed by atoms with Gasteiger partial charge in [-0.15, -0.1) is 0 Å². The minimum Gasteiger partial charge on any atom is -0.495 e. The SMILES string of the molecule is COc1ccc(COc2ccc3c(c2)CN(C(=O)C2CCN(C)CC2)CC3)nc1. The molecule has 0 atom stereocenters. The number of hydrogen-bond donors (Lipinski definition) is 0. The van der Waals surface area contributed by atoms with Crippen LogP contribution in [-0.4, -0.2) is 54.5 Å². The zero-order chi connectivity index (χ0) is 20.2. The predicted octanol–water partition coefficient (Wildman–Crippen LogP) is 2.90. The van der Waals surface area contributed by atoms with Crippen LogP contribution in [0.15, 0.2) is 36.5 Å².